The van der Waals surface area contributed by atoms with Gasteiger partial charge in [-0.2, -0.15) is 4.48 Å². The lowest BCUT2D eigenvalue weighted by Crippen LogP contribution is -2.67. The highest BCUT2D eigenvalue weighted by atomic mass is 15.6. The zero-order chi connectivity index (χ0) is 18.9. The summed E-state index contributed by atoms with van der Waals surface area (Å²) < 4.78 is 6.02. The fourth-order valence-corrected chi connectivity index (χ4v) is 4.58. The van der Waals surface area contributed by atoms with E-state index in [1.54, 1.807) is 0 Å². The highest BCUT2D eigenvalue weighted by molar-refractivity contribution is 5.44. The van der Waals surface area contributed by atoms with Gasteiger partial charge < -0.3 is 9.80 Å². The van der Waals surface area contributed by atoms with Crippen LogP contribution in [0.5, 0.6) is 0 Å². The molecule has 0 fully saturated rings. The Hall–Kier alpha value is -2.14. The third kappa shape index (κ3) is 2.26. The number of pyridine rings is 2. The molecule has 2 aliphatic rings. The Labute approximate surface area is 157 Å². The summed E-state index contributed by atoms with van der Waals surface area (Å²) in [5.41, 5.74) is 5.55. The molecule has 4 rings (SSSR count). The van der Waals surface area contributed by atoms with Gasteiger partial charge in [0.05, 0.1) is 0 Å². The van der Waals surface area contributed by atoms with E-state index in [9.17, 15) is 0 Å². The van der Waals surface area contributed by atoms with Crippen LogP contribution in [0.4, 0.5) is 11.4 Å². The van der Waals surface area contributed by atoms with Gasteiger partial charge in [0.2, 0.25) is 0 Å². The smallest absolute Gasteiger partial charge is 0.377 e. The Morgan fingerprint density at radius 1 is 0.846 bits per heavy atom. The standard InChI is InChI=1S/C21H32N5/c1-21(2,3)26-14-18-12-16(22(4)5)8-10-24(18)20(26)25-11-9-17(23(6)7)13-19(25)15-26/h8-13,20H,14-15H2,1-7H3/q+3. The average molecular weight is 355 g/mol. The quantitative estimate of drug-likeness (QED) is 0.605. The van der Waals surface area contributed by atoms with E-state index in [1.807, 2.05) is 0 Å². The Bertz CT molecular complexity index is 802. The van der Waals surface area contributed by atoms with E-state index in [2.05, 4.69) is 105 Å². The molecular formula is C21H32N5+3. The van der Waals surface area contributed by atoms with Crippen LogP contribution in [0.2, 0.25) is 0 Å². The molecule has 0 N–H and O–H groups in total. The number of hydrogen-bond acceptors (Lipinski definition) is 2. The third-order valence-electron chi connectivity index (χ3n) is 6.30. The van der Waals surface area contributed by atoms with Gasteiger partial charge in [-0.1, -0.05) is 9.13 Å². The van der Waals surface area contributed by atoms with Crippen molar-refractivity contribution >= 4 is 11.4 Å². The van der Waals surface area contributed by atoms with Crippen molar-refractivity contribution in [2.75, 3.05) is 38.0 Å². The molecular weight excluding hydrogens is 322 g/mol. The molecule has 0 unspecified atom stereocenters. The van der Waals surface area contributed by atoms with E-state index in [-0.39, 0.29) is 5.54 Å². The largest absolute Gasteiger partial charge is 0.484 e. The molecule has 138 valence electrons. The van der Waals surface area contributed by atoms with Gasteiger partial charge in [-0.15, -0.1) is 0 Å². The first kappa shape index (κ1) is 17.3. The minimum atomic E-state index is 0.152. The number of hydrogen-bond donors (Lipinski definition) is 0. The summed E-state index contributed by atoms with van der Waals surface area (Å²) in [6.45, 7) is 9.29. The molecule has 26 heavy (non-hydrogen) atoms. The second-order valence-corrected chi connectivity index (χ2v) is 9.22. The number of nitrogens with zero attached hydrogens (tertiary/aromatic N) is 5. The van der Waals surface area contributed by atoms with Crippen molar-refractivity contribution in [2.45, 2.75) is 45.7 Å². The molecule has 0 aromatic carbocycles. The third-order valence-corrected chi connectivity index (χ3v) is 6.30. The first-order chi connectivity index (χ1) is 12.1. The van der Waals surface area contributed by atoms with Gasteiger partial charge in [-0.3, -0.25) is 0 Å². The molecule has 2 aromatic rings. The van der Waals surface area contributed by atoms with Crippen LogP contribution in [0, 0.1) is 0 Å². The molecule has 0 saturated heterocycles. The normalized spacial score (nSPS) is 23.4. The van der Waals surface area contributed by atoms with Crippen molar-refractivity contribution in [1.82, 2.24) is 0 Å². The van der Waals surface area contributed by atoms with E-state index in [0.29, 0.717) is 6.29 Å². The number of quaternary nitrogens is 1. The van der Waals surface area contributed by atoms with Crippen LogP contribution >= 0.6 is 0 Å². The summed E-state index contributed by atoms with van der Waals surface area (Å²) in [5, 5.41) is 0. The van der Waals surface area contributed by atoms with Gasteiger partial charge in [-0.05, 0) is 20.8 Å². The number of anilines is 2. The van der Waals surface area contributed by atoms with E-state index in [1.165, 1.54) is 22.8 Å². The van der Waals surface area contributed by atoms with E-state index in [0.717, 1.165) is 17.6 Å². The van der Waals surface area contributed by atoms with Crippen molar-refractivity contribution in [3.63, 3.8) is 0 Å². The van der Waals surface area contributed by atoms with Crippen molar-refractivity contribution < 1.29 is 13.6 Å². The van der Waals surface area contributed by atoms with Crippen LogP contribution in [0.25, 0.3) is 0 Å². The van der Waals surface area contributed by atoms with E-state index >= 15 is 0 Å². The molecule has 5 heteroatoms. The maximum Gasteiger partial charge on any atom is 0.484 e. The fourth-order valence-electron chi connectivity index (χ4n) is 4.58. The predicted octanol–water partition coefficient (Wildman–Crippen LogP) is 2.04. The van der Waals surface area contributed by atoms with Crippen LogP contribution in [0.1, 0.15) is 38.4 Å². The minimum Gasteiger partial charge on any atom is -0.377 e. The summed E-state index contributed by atoms with van der Waals surface area (Å²) in [5.74, 6) is 0. The van der Waals surface area contributed by atoms with Gasteiger partial charge in [0.1, 0.15) is 5.54 Å². The highest BCUT2D eigenvalue weighted by Crippen LogP contribution is 2.42. The number of fused-ring (bicyclic) bond motifs is 5. The molecule has 2 aliphatic heterocycles. The highest BCUT2D eigenvalue weighted by Gasteiger charge is 2.69. The van der Waals surface area contributed by atoms with E-state index in [4.69, 9.17) is 0 Å². The maximum atomic E-state index is 2.49. The van der Waals surface area contributed by atoms with Gasteiger partial charge in [0.25, 0.3) is 11.4 Å². The van der Waals surface area contributed by atoms with Crippen LogP contribution in [0.3, 0.4) is 0 Å². The molecule has 0 spiro atoms. The fraction of sp³-hybridized carbons (Fsp3) is 0.524. The first-order valence-corrected chi connectivity index (χ1v) is 9.44. The first-order valence-electron chi connectivity index (χ1n) is 9.44. The van der Waals surface area contributed by atoms with Gasteiger partial charge in [-0.25, -0.2) is 0 Å². The Morgan fingerprint density at radius 2 is 1.27 bits per heavy atom. The lowest BCUT2D eigenvalue weighted by molar-refractivity contribution is -1.18. The van der Waals surface area contributed by atoms with Crippen molar-refractivity contribution in [1.29, 1.82) is 0 Å². The van der Waals surface area contributed by atoms with Crippen LogP contribution in [-0.4, -0.2) is 38.2 Å². The second kappa shape index (κ2) is 5.43. The zero-order valence-electron chi connectivity index (χ0n) is 17.2. The Kier molecular flexibility index (Phi) is 3.61. The van der Waals surface area contributed by atoms with Gasteiger partial charge >= 0.3 is 6.29 Å². The summed E-state index contributed by atoms with van der Waals surface area (Å²) in [6.07, 6.45) is 4.86. The molecule has 0 saturated carbocycles. The number of rotatable bonds is 2. The van der Waals surface area contributed by atoms with Crippen LogP contribution < -0.4 is 18.9 Å². The molecule has 0 atom stereocenters. The summed E-state index contributed by atoms with van der Waals surface area (Å²) in [7, 11) is 8.46. The molecule has 4 heterocycles. The Balaban J connectivity index is 1.89. The molecule has 2 aromatic heterocycles. The molecule has 0 bridgehead atoms. The Morgan fingerprint density at radius 3 is 1.62 bits per heavy atom. The summed E-state index contributed by atoms with van der Waals surface area (Å²) >= 11 is 0. The minimum absolute atomic E-state index is 0.152. The van der Waals surface area contributed by atoms with Crippen molar-refractivity contribution in [3.05, 3.63) is 48.0 Å². The molecule has 0 radical (unpaired) electrons. The van der Waals surface area contributed by atoms with Crippen LogP contribution in [0.15, 0.2) is 36.7 Å². The summed E-state index contributed by atoms with van der Waals surface area (Å²) in [4.78, 5) is 4.38. The SMILES string of the molecule is CN(C)c1cc[n+]2c(c1)C[N+]1(C(C)(C)C)Cc3cc(N(C)C)cc[n+]3C21. The van der Waals surface area contributed by atoms with Crippen molar-refractivity contribution in [3.8, 4) is 0 Å². The average Bonchev–Trinajstić information content (AvgIpc) is 3.04. The topological polar surface area (TPSA) is 14.2 Å². The van der Waals surface area contributed by atoms with Gasteiger partial charge in [0.15, 0.2) is 25.5 Å². The van der Waals surface area contributed by atoms with Crippen molar-refractivity contribution in [2.24, 2.45) is 0 Å². The second-order valence-electron chi connectivity index (χ2n) is 9.22. The lowest BCUT2D eigenvalue weighted by Gasteiger charge is -2.37. The summed E-state index contributed by atoms with van der Waals surface area (Å²) in [6, 6.07) is 9.19. The van der Waals surface area contributed by atoms with Crippen LogP contribution in [-0.2, 0) is 13.1 Å². The molecule has 0 aliphatic carbocycles. The van der Waals surface area contributed by atoms with E-state index < -0.39 is 0 Å². The number of aromatic nitrogens is 2. The van der Waals surface area contributed by atoms with Gasteiger partial charge in [0, 0.05) is 63.8 Å². The lowest BCUT2D eigenvalue weighted by atomic mass is 10.0. The molecule has 0 amide bonds. The monoisotopic (exact) mass is 354 g/mol. The predicted molar refractivity (Wildman–Crippen MR) is 104 cm³/mol. The maximum absolute atomic E-state index is 2.49. The zero-order valence-corrected chi connectivity index (χ0v) is 17.2. The molecule has 5 nitrogen and oxygen atoms in total.